The first-order chi connectivity index (χ1) is 4.72. The molecular weight excluding hydrogens is 144 g/mol. The highest BCUT2D eigenvalue weighted by atomic mass is 32.1. The lowest BCUT2D eigenvalue weighted by molar-refractivity contribution is 0.431. The van der Waals surface area contributed by atoms with Crippen LogP contribution in [0.2, 0.25) is 0 Å². The van der Waals surface area contributed by atoms with Crippen molar-refractivity contribution in [2.45, 2.75) is 26.7 Å². The zero-order valence-corrected chi connectivity index (χ0v) is 7.58. The third-order valence-corrected chi connectivity index (χ3v) is 1.73. The van der Waals surface area contributed by atoms with Gasteiger partial charge in [0.05, 0.1) is 0 Å². The molecule has 3 heteroatoms. The second kappa shape index (κ2) is 5.47. The van der Waals surface area contributed by atoms with Gasteiger partial charge in [-0.1, -0.05) is 13.3 Å². The first-order valence-electron chi connectivity index (χ1n) is 3.76. The zero-order chi connectivity index (χ0) is 7.98. The molecule has 0 rings (SSSR count). The van der Waals surface area contributed by atoms with E-state index in [2.05, 4.69) is 13.8 Å². The zero-order valence-electron chi connectivity index (χ0n) is 6.76. The first kappa shape index (κ1) is 9.69. The number of nitrogens with zero attached hydrogens (tertiary/aromatic N) is 1. The van der Waals surface area contributed by atoms with Crippen molar-refractivity contribution in [3.63, 3.8) is 0 Å². The maximum atomic E-state index is 5.45. The Kier molecular flexibility index (Phi) is 5.30. The Morgan fingerprint density at radius 1 is 1.50 bits per heavy atom. The minimum absolute atomic E-state index is 0.524. The molecule has 0 atom stereocenters. The van der Waals surface area contributed by atoms with Crippen molar-refractivity contribution in [2.75, 3.05) is 13.1 Å². The summed E-state index contributed by atoms with van der Waals surface area (Å²) in [5.41, 5.74) is 5.45. The van der Waals surface area contributed by atoms with E-state index >= 15 is 0 Å². The van der Waals surface area contributed by atoms with Crippen LogP contribution >= 0.6 is 12.2 Å². The summed E-state index contributed by atoms with van der Waals surface area (Å²) in [7, 11) is 0. The van der Waals surface area contributed by atoms with Gasteiger partial charge in [0.1, 0.15) is 0 Å². The molecule has 0 aliphatic rings. The lowest BCUT2D eigenvalue weighted by Crippen LogP contribution is -2.35. The number of hydrogen-bond donors (Lipinski definition) is 1. The minimum Gasteiger partial charge on any atom is -0.376 e. The van der Waals surface area contributed by atoms with Gasteiger partial charge in [-0.3, -0.25) is 0 Å². The maximum Gasteiger partial charge on any atom is 0.166 e. The van der Waals surface area contributed by atoms with Crippen LogP contribution in [-0.2, 0) is 0 Å². The van der Waals surface area contributed by atoms with E-state index in [1.165, 1.54) is 12.8 Å². The summed E-state index contributed by atoms with van der Waals surface area (Å²) in [6.07, 6.45) is 2.37. The average molecular weight is 160 g/mol. The third-order valence-electron chi connectivity index (χ3n) is 1.47. The smallest absolute Gasteiger partial charge is 0.166 e. The van der Waals surface area contributed by atoms with Crippen LogP contribution in [0.15, 0.2) is 0 Å². The molecule has 0 aromatic rings. The highest BCUT2D eigenvalue weighted by Gasteiger charge is 2.00. The molecular formula is C7H16N2S. The third kappa shape index (κ3) is 3.67. The van der Waals surface area contributed by atoms with Gasteiger partial charge in [0.25, 0.3) is 0 Å². The van der Waals surface area contributed by atoms with Crippen LogP contribution < -0.4 is 5.73 Å². The molecule has 0 aromatic heterocycles. The highest BCUT2D eigenvalue weighted by molar-refractivity contribution is 7.80. The van der Waals surface area contributed by atoms with E-state index in [-0.39, 0.29) is 0 Å². The van der Waals surface area contributed by atoms with Crippen LogP contribution in [0.3, 0.4) is 0 Å². The van der Waals surface area contributed by atoms with E-state index in [4.69, 9.17) is 18.0 Å². The summed E-state index contributed by atoms with van der Waals surface area (Å²) in [6.45, 7) is 6.15. The van der Waals surface area contributed by atoms with Crippen molar-refractivity contribution in [3.05, 3.63) is 0 Å². The molecule has 0 fully saturated rings. The van der Waals surface area contributed by atoms with Gasteiger partial charge in [-0.2, -0.15) is 0 Å². The molecule has 2 N–H and O–H groups in total. The van der Waals surface area contributed by atoms with Gasteiger partial charge < -0.3 is 10.6 Å². The molecule has 0 spiro atoms. The number of rotatable bonds is 4. The van der Waals surface area contributed by atoms with E-state index < -0.39 is 0 Å². The number of unbranched alkanes of at least 4 members (excludes halogenated alkanes) is 1. The largest absolute Gasteiger partial charge is 0.376 e. The molecule has 0 aliphatic heterocycles. The van der Waals surface area contributed by atoms with Gasteiger partial charge >= 0.3 is 0 Å². The summed E-state index contributed by atoms with van der Waals surface area (Å²) in [4.78, 5) is 2.01. The lowest BCUT2D eigenvalue weighted by atomic mass is 10.3. The highest BCUT2D eigenvalue weighted by Crippen LogP contribution is 1.93. The molecule has 0 aromatic carbocycles. The van der Waals surface area contributed by atoms with Crippen LogP contribution in [-0.4, -0.2) is 23.1 Å². The van der Waals surface area contributed by atoms with E-state index in [9.17, 15) is 0 Å². The monoisotopic (exact) mass is 160 g/mol. The fourth-order valence-electron chi connectivity index (χ4n) is 0.773. The molecule has 0 amide bonds. The van der Waals surface area contributed by atoms with E-state index in [0.717, 1.165) is 13.1 Å². The second-order valence-electron chi connectivity index (χ2n) is 2.27. The Bertz CT molecular complexity index is 104. The van der Waals surface area contributed by atoms with E-state index in [1.54, 1.807) is 0 Å². The summed E-state index contributed by atoms with van der Waals surface area (Å²) in [6, 6.07) is 0. The van der Waals surface area contributed by atoms with Crippen molar-refractivity contribution in [1.82, 2.24) is 4.90 Å². The molecule has 2 nitrogen and oxygen atoms in total. The SMILES string of the molecule is CCCCN(CC)C(N)=S. The number of nitrogens with two attached hydrogens (primary N) is 1. The van der Waals surface area contributed by atoms with Crippen LogP contribution in [0.5, 0.6) is 0 Å². The van der Waals surface area contributed by atoms with Gasteiger partial charge in [0, 0.05) is 13.1 Å². The van der Waals surface area contributed by atoms with Crippen LogP contribution in [0.25, 0.3) is 0 Å². The number of thiocarbonyl (C=S) groups is 1. The number of hydrogen-bond acceptors (Lipinski definition) is 1. The lowest BCUT2D eigenvalue weighted by Gasteiger charge is -2.19. The van der Waals surface area contributed by atoms with Crippen molar-refractivity contribution < 1.29 is 0 Å². The van der Waals surface area contributed by atoms with Crippen molar-refractivity contribution in [1.29, 1.82) is 0 Å². The Labute approximate surface area is 68.4 Å². The predicted octanol–water partition coefficient (Wildman–Crippen LogP) is 1.35. The standard InChI is InChI=1S/C7H16N2S/c1-3-5-6-9(4-2)7(8)10/h3-6H2,1-2H3,(H2,8,10). The molecule has 0 saturated heterocycles. The van der Waals surface area contributed by atoms with Crippen molar-refractivity contribution >= 4 is 17.3 Å². The predicted molar refractivity (Wildman–Crippen MR) is 48.9 cm³/mol. The second-order valence-corrected chi connectivity index (χ2v) is 2.69. The topological polar surface area (TPSA) is 29.3 Å². The molecule has 0 unspecified atom stereocenters. The quantitative estimate of drug-likeness (QED) is 0.629. The van der Waals surface area contributed by atoms with Crippen LogP contribution in [0.1, 0.15) is 26.7 Å². The molecule has 0 radical (unpaired) electrons. The minimum atomic E-state index is 0.524. The van der Waals surface area contributed by atoms with Gasteiger partial charge in [0.15, 0.2) is 5.11 Å². The maximum absolute atomic E-state index is 5.45. The Hall–Kier alpha value is -0.310. The van der Waals surface area contributed by atoms with Gasteiger partial charge in [-0.05, 0) is 25.6 Å². The van der Waals surface area contributed by atoms with E-state index in [0.29, 0.717) is 5.11 Å². The van der Waals surface area contributed by atoms with Crippen LogP contribution in [0, 0.1) is 0 Å². The first-order valence-corrected chi connectivity index (χ1v) is 4.17. The van der Waals surface area contributed by atoms with Gasteiger partial charge in [0.2, 0.25) is 0 Å². The van der Waals surface area contributed by atoms with Gasteiger partial charge in [-0.25, -0.2) is 0 Å². The van der Waals surface area contributed by atoms with Gasteiger partial charge in [-0.15, -0.1) is 0 Å². The molecule has 0 saturated carbocycles. The fraction of sp³-hybridized carbons (Fsp3) is 0.857. The Morgan fingerprint density at radius 3 is 2.40 bits per heavy atom. The molecule has 0 heterocycles. The summed E-state index contributed by atoms with van der Waals surface area (Å²) >= 11 is 4.83. The molecule has 60 valence electrons. The average Bonchev–Trinajstić information content (AvgIpc) is 1.89. The fourth-order valence-corrected chi connectivity index (χ4v) is 0.994. The van der Waals surface area contributed by atoms with E-state index in [1.807, 2.05) is 4.90 Å². The summed E-state index contributed by atoms with van der Waals surface area (Å²) < 4.78 is 0. The summed E-state index contributed by atoms with van der Waals surface area (Å²) in [5, 5.41) is 0.524. The Balaban J connectivity index is 3.50. The molecule has 0 aliphatic carbocycles. The van der Waals surface area contributed by atoms with Crippen molar-refractivity contribution in [3.8, 4) is 0 Å². The van der Waals surface area contributed by atoms with Crippen molar-refractivity contribution in [2.24, 2.45) is 5.73 Å². The summed E-state index contributed by atoms with van der Waals surface area (Å²) in [5.74, 6) is 0. The molecule has 0 bridgehead atoms. The molecule has 10 heavy (non-hydrogen) atoms. The van der Waals surface area contributed by atoms with Crippen LogP contribution in [0.4, 0.5) is 0 Å². The normalized spacial score (nSPS) is 9.40. The Morgan fingerprint density at radius 2 is 2.10 bits per heavy atom.